The molecule has 2 N–H and O–H groups in total. The van der Waals surface area contributed by atoms with Gasteiger partial charge in [-0.15, -0.1) is 0 Å². The van der Waals surface area contributed by atoms with Crippen LogP contribution in [0.3, 0.4) is 0 Å². The average Bonchev–Trinajstić information content (AvgIpc) is 3.13. The second-order valence-corrected chi connectivity index (χ2v) is 12.2. The fourth-order valence-corrected chi connectivity index (χ4v) is 4.71. The molecule has 6 rings (SSSR count). The van der Waals surface area contributed by atoms with E-state index in [9.17, 15) is 19.8 Å². The molecule has 0 bridgehead atoms. The van der Waals surface area contributed by atoms with Crippen molar-refractivity contribution in [1.82, 2.24) is 0 Å². The summed E-state index contributed by atoms with van der Waals surface area (Å²) in [4.78, 5) is 28.2. The number of phenols is 2. The Kier molecular flexibility index (Phi) is 15.1. The monoisotopic (exact) mass is 702 g/mol. The van der Waals surface area contributed by atoms with Crippen molar-refractivity contribution >= 4 is 102 Å². The number of hydrogen-bond donors (Lipinski definition) is 2. The van der Waals surface area contributed by atoms with Gasteiger partial charge in [-0.2, -0.15) is 16.8 Å². The average molecular weight is 703 g/mol. The number of carbonyl (C=O) groups excluding carboxylic acids is 2. The number of aromatic hydroxyl groups is 2. The van der Waals surface area contributed by atoms with Gasteiger partial charge in [0.15, 0.2) is 5.78 Å². The van der Waals surface area contributed by atoms with E-state index in [0.717, 1.165) is 11.4 Å². The fraction of sp³-hybridized carbons (Fsp3) is 0.0588. The number of likely N-dealkylation sites (N-methyl/N-ethyl adjacent to an activating group) is 1. The van der Waals surface area contributed by atoms with Crippen LogP contribution >= 0.6 is 0 Å². The van der Waals surface area contributed by atoms with E-state index in [-0.39, 0.29) is 23.1 Å². The van der Waals surface area contributed by atoms with Gasteiger partial charge in [-0.1, -0.05) is 84.9 Å². The van der Waals surface area contributed by atoms with Gasteiger partial charge in [0.2, 0.25) is 5.78 Å². The Bertz CT molecular complexity index is 2170. The summed E-state index contributed by atoms with van der Waals surface area (Å²) in [6, 6.07) is 35.0. The van der Waals surface area contributed by atoms with Crippen molar-refractivity contribution in [2.75, 3.05) is 23.9 Å². The van der Waals surface area contributed by atoms with E-state index in [0.29, 0.717) is 33.3 Å². The third kappa shape index (κ3) is 9.68. The number of hydrogen-bond acceptors (Lipinski definition) is 10. The first-order valence-electron chi connectivity index (χ1n) is 14.6. The van der Waals surface area contributed by atoms with Gasteiger partial charge >= 0.3 is 62.1 Å². The van der Waals surface area contributed by atoms with Crippen LogP contribution in [0.1, 0.15) is 20.7 Å². The third-order valence-corrected chi connectivity index (χ3v) is 7.92. The minimum absolute atomic E-state index is 0.119. The first-order chi connectivity index (χ1) is 23.0. The van der Waals surface area contributed by atoms with Crippen molar-refractivity contribution in [3.8, 4) is 11.5 Å². The molecule has 48 heavy (non-hydrogen) atoms. The van der Waals surface area contributed by atoms with E-state index in [1.807, 2.05) is 84.7 Å². The second kappa shape index (κ2) is 18.7. The third-order valence-electron chi connectivity index (χ3n) is 7.03. The molecule has 0 aromatic heterocycles. The molecule has 0 saturated carbocycles. The van der Waals surface area contributed by atoms with Crippen molar-refractivity contribution in [1.29, 1.82) is 0 Å². The zero-order chi connectivity index (χ0) is 35.4. The molecule has 236 valence electrons. The number of allylic oxidation sites excluding steroid dienone is 2. The first-order valence-corrected chi connectivity index (χ1v) is 25.3. The van der Waals surface area contributed by atoms with E-state index in [2.05, 4.69) is 0 Å². The maximum absolute atomic E-state index is 12.5. The van der Waals surface area contributed by atoms with Gasteiger partial charge in [0.05, 0.1) is 11.4 Å². The van der Waals surface area contributed by atoms with Crippen molar-refractivity contribution in [3.63, 3.8) is 0 Å². The number of ketones is 2. The van der Waals surface area contributed by atoms with Crippen LogP contribution < -0.4 is 9.80 Å². The van der Waals surface area contributed by atoms with Crippen LogP contribution in [0.5, 0.6) is 11.5 Å². The van der Waals surface area contributed by atoms with Crippen LogP contribution in [0, 0.1) is 0 Å². The van der Waals surface area contributed by atoms with E-state index in [4.69, 9.17) is 16.8 Å². The molecule has 0 saturated heterocycles. The SMILES string of the molecule is CN(C1=CC(=O)c2ccccc2C1=O)c1ccccc1.CN(c1ccccc1)c1cc(O)c2ccccc2c1O.O=S(=O)=S(=O)=O.[Na][Na]. The van der Waals surface area contributed by atoms with Gasteiger partial charge in [0, 0.05) is 59.5 Å². The molecular weight excluding hydrogens is 674 g/mol. The zero-order valence-electron chi connectivity index (χ0n) is 26.6. The normalized spacial score (nSPS) is 11.2. The first kappa shape index (κ1) is 38.7. The maximum atomic E-state index is 12.5. The van der Waals surface area contributed by atoms with Gasteiger partial charge < -0.3 is 20.0 Å². The Labute approximate surface area is 308 Å². The van der Waals surface area contributed by atoms with Gasteiger partial charge in [0.25, 0.3) is 0 Å². The summed E-state index contributed by atoms with van der Waals surface area (Å²) in [5.41, 5.74) is 3.74. The van der Waals surface area contributed by atoms with Crippen LogP contribution in [-0.4, -0.2) is 96.3 Å². The van der Waals surface area contributed by atoms with Crippen LogP contribution in [-0.2, 0) is 18.5 Å². The van der Waals surface area contributed by atoms with Crippen LogP contribution in [0.15, 0.2) is 127 Å². The molecule has 0 amide bonds. The van der Waals surface area contributed by atoms with Gasteiger partial charge in [-0.3, -0.25) is 9.59 Å². The molecule has 5 aromatic carbocycles. The molecule has 0 heterocycles. The van der Waals surface area contributed by atoms with E-state index in [1.165, 1.54) is 49.7 Å². The molecule has 0 radical (unpaired) electrons. The number of Topliss-reactive ketones (excluding diaryl/α,β-unsaturated/α-hetero) is 1. The van der Waals surface area contributed by atoms with Gasteiger partial charge in [-0.25, -0.2) is 0 Å². The standard InChI is InChI=1S/C17H15NO2.C17H13NO2.2Na.O4S2/c2*1-18(12-7-3-2-4-8-12)15-11-16(19)13-9-5-6-10-14(13)17(15)20;;;1-5(2)6(3)4/h2-11,19-20H,1H3;2-11H,1H3;;;. The van der Waals surface area contributed by atoms with Crippen LogP contribution in [0.2, 0.25) is 0 Å². The summed E-state index contributed by atoms with van der Waals surface area (Å²) in [6.07, 6.45) is 1.41. The number of fused-ring (bicyclic) bond motifs is 2. The molecule has 1 aliphatic carbocycles. The zero-order valence-corrected chi connectivity index (χ0v) is 32.2. The summed E-state index contributed by atoms with van der Waals surface area (Å²) >= 11 is 2.89. The van der Waals surface area contributed by atoms with Gasteiger partial charge in [-0.05, 0) is 24.3 Å². The summed E-state index contributed by atoms with van der Waals surface area (Å²) in [7, 11) is -2.25. The Morgan fingerprint density at radius 1 is 0.583 bits per heavy atom. The topological polar surface area (TPSA) is 149 Å². The predicted molar refractivity (Wildman–Crippen MR) is 189 cm³/mol. The molecule has 14 heteroatoms. The molecule has 5 aromatic rings. The van der Waals surface area contributed by atoms with Crippen molar-refractivity contribution in [2.24, 2.45) is 0 Å². The quantitative estimate of drug-likeness (QED) is 0.194. The molecule has 1 aliphatic rings. The number of rotatable bonds is 4. The Hall–Kier alpha value is -3.72. The van der Waals surface area contributed by atoms with E-state index >= 15 is 0 Å². The molecule has 0 atom stereocenters. The minimum atomic E-state index is -2.95. The van der Waals surface area contributed by atoms with Crippen molar-refractivity contribution < 1.29 is 36.6 Å². The van der Waals surface area contributed by atoms with E-state index < -0.39 is 18.5 Å². The number of anilines is 3. The van der Waals surface area contributed by atoms with Crippen molar-refractivity contribution in [2.45, 2.75) is 0 Å². The number of benzene rings is 5. The summed E-state index contributed by atoms with van der Waals surface area (Å²) in [5, 5.41) is 21.9. The summed E-state index contributed by atoms with van der Waals surface area (Å²) in [6.45, 7) is 0. The Balaban J connectivity index is 0.000000214. The second-order valence-electron chi connectivity index (χ2n) is 9.77. The Morgan fingerprint density at radius 2 is 1.02 bits per heavy atom. The van der Waals surface area contributed by atoms with Gasteiger partial charge in [0.1, 0.15) is 11.5 Å². The number of carbonyl (C=O) groups is 2. The van der Waals surface area contributed by atoms with Crippen LogP contribution in [0.4, 0.5) is 17.1 Å². The van der Waals surface area contributed by atoms with Crippen molar-refractivity contribution in [3.05, 3.63) is 138 Å². The number of nitrogens with zero attached hydrogens (tertiary/aromatic N) is 2. The molecule has 0 spiro atoms. The predicted octanol–water partition coefficient (Wildman–Crippen LogP) is 5.00. The summed E-state index contributed by atoms with van der Waals surface area (Å²) < 4.78 is 36.3. The molecule has 0 aliphatic heterocycles. The molecule has 0 unspecified atom stereocenters. The molecule has 10 nitrogen and oxygen atoms in total. The molecular formula is C34H28N2Na2O8S2. The number of phenolic OH excluding ortho intramolecular Hbond substituents is 2. The Morgan fingerprint density at radius 3 is 1.54 bits per heavy atom. The summed E-state index contributed by atoms with van der Waals surface area (Å²) in [5.74, 6) is 0.0884. The fourth-order valence-electron chi connectivity index (χ4n) is 4.71. The number of para-hydroxylation sites is 2. The van der Waals surface area contributed by atoms with Crippen LogP contribution in [0.25, 0.3) is 10.8 Å². The molecule has 0 fully saturated rings. The van der Waals surface area contributed by atoms with E-state index in [1.54, 1.807) is 54.4 Å².